The van der Waals surface area contributed by atoms with Crippen LogP contribution in [0.15, 0.2) is 28.0 Å². The highest BCUT2D eigenvalue weighted by Crippen LogP contribution is 2.31. The Labute approximate surface area is 166 Å². The van der Waals surface area contributed by atoms with E-state index < -0.39 is 0 Å². The van der Waals surface area contributed by atoms with Gasteiger partial charge in [-0.1, -0.05) is 19.9 Å². The summed E-state index contributed by atoms with van der Waals surface area (Å²) in [5.74, 6) is 0.558. The summed E-state index contributed by atoms with van der Waals surface area (Å²) in [6.07, 6.45) is 1.20. The number of anilines is 2. The van der Waals surface area contributed by atoms with Gasteiger partial charge in [0.1, 0.15) is 0 Å². The van der Waals surface area contributed by atoms with E-state index in [4.69, 9.17) is 4.42 Å². The molecule has 0 saturated heterocycles. The van der Waals surface area contributed by atoms with Crippen LogP contribution in [0.2, 0.25) is 0 Å². The van der Waals surface area contributed by atoms with Crippen LogP contribution in [0, 0.1) is 6.92 Å². The quantitative estimate of drug-likeness (QED) is 0.683. The van der Waals surface area contributed by atoms with Crippen LogP contribution in [-0.4, -0.2) is 21.8 Å². The first-order valence-corrected chi connectivity index (χ1v) is 9.96. The molecule has 0 bridgehead atoms. The Morgan fingerprint density at radius 2 is 2.11 bits per heavy atom. The summed E-state index contributed by atoms with van der Waals surface area (Å²) in [5, 5.41) is 8.05. The molecule has 7 nitrogen and oxygen atoms in total. The molecule has 3 aromatic rings. The van der Waals surface area contributed by atoms with Crippen LogP contribution in [0.3, 0.4) is 0 Å². The zero-order valence-corrected chi connectivity index (χ0v) is 16.6. The van der Waals surface area contributed by atoms with E-state index in [-0.39, 0.29) is 23.5 Å². The van der Waals surface area contributed by atoms with E-state index in [1.165, 1.54) is 11.3 Å². The van der Waals surface area contributed by atoms with Crippen LogP contribution in [0.25, 0.3) is 11.3 Å². The van der Waals surface area contributed by atoms with Crippen LogP contribution in [0.1, 0.15) is 53.9 Å². The maximum absolute atomic E-state index is 12.5. The molecule has 0 atom stereocenters. The number of fused-ring (bicyclic) bond motifs is 1. The minimum Gasteiger partial charge on any atom is -0.435 e. The number of aryl methyl sites for hydroxylation is 2. The van der Waals surface area contributed by atoms with Crippen molar-refractivity contribution in [1.82, 2.24) is 9.97 Å². The lowest BCUT2D eigenvalue weighted by molar-refractivity contribution is -0.116. The zero-order valence-electron chi connectivity index (χ0n) is 15.8. The number of oxazole rings is 1. The van der Waals surface area contributed by atoms with E-state index in [2.05, 4.69) is 20.6 Å². The summed E-state index contributed by atoms with van der Waals surface area (Å²) >= 11 is 1.35. The third kappa shape index (κ3) is 3.55. The maximum Gasteiger partial charge on any atom is 0.295 e. The predicted molar refractivity (Wildman–Crippen MR) is 108 cm³/mol. The number of hydrogen-bond donors (Lipinski definition) is 2. The highest BCUT2D eigenvalue weighted by molar-refractivity contribution is 7.14. The van der Waals surface area contributed by atoms with Crippen molar-refractivity contribution < 1.29 is 14.0 Å². The maximum atomic E-state index is 12.5. The van der Waals surface area contributed by atoms with Crippen molar-refractivity contribution in [3.05, 3.63) is 46.5 Å². The topological polar surface area (TPSA) is 97.1 Å². The van der Waals surface area contributed by atoms with Gasteiger partial charge in [-0.2, -0.15) is 0 Å². The Bertz CT molecular complexity index is 1070. The van der Waals surface area contributed by atoms with E-state index in [1.807, 2.05) is 37.4 Å². The summed E-state index contributed by atoms with van der Waals surface area (Å²) in [6, 6.07) is 5.84. The molecule has 1 aliphatic rings. The Morgan fingerprint density at radius 1 is 1.29 bits per heavy atom. The minimum atomic E-state index is -0.356. The van der Waals surface area contributed by atoms with E-state index in [0.717, 1.165) is 22.5 Å². The Morgan fingerprint density at radius 3 is 2.86 bits per heavy atom. The van der Waals surface area contributed by atoms with E-state index in [9.17, 15) is 9.59 Å². The summed E-state index contributed by atoms with van der Waals surface area (Å²) in [6.45, 7) is 5.68. The van der Waals surface area contributed by atoms with E-state index in [0.29, 0.717) is 29.6 Å². The van der Waals surface area contributed by atoms with Crippen molar-refractivity contribution in [2.45, 2.75) is 39.5 Å². The van der Waals surface area contributed by atoms with Crippen molar-refractivity contribution in [3.63, 3.8) is 0 Å². The van der Waals surface area contributed by atoms with Crippen molar-refractivity contribution in [1.29, 1.82) is 0 Å². The molecule has 2 N–H and O–H groups in total. The molecule has 2 amide bonds. The second-order valence-electron chi connectivity index (χ2n) is 7.03. The number of thiazole rings is 1. The number of carbonyl (C=O) groups excluding carboxylic acids is 2. The largest absolute Gasteiger partial charge is 0.435 e. The molecular weight excluding hydrogens is 376 g/mol. The first-order valence-electron chi connectivity index (χ1n) is 9.08. The Balaban J connectivity index is 1.52. The molecule has 8 heteroatoms. The number of aromatic nitrogens is 2. The molecule has 0 aliphatic carbocycles. The number of rotatable bonds is 4. The fraction of sp³-hybridized carbons (Fsp3) is 0.300. The molecule has 1 aliphatic heterocycles. The fourth-order valence-corrected chi connectivity index (χ4v) is 3.75. The SMILES string of the molecule is Cc1nc(C(C)C)oc1C(=O)Nc1nc(-c2ccc3c(c2)CCC(=O)N3)cs1. The summed E-state index contributed by atoms with van der Waals surface area (Å²) in [5.41, 5.74) is 4.23. The monoisotopic (exact) mass is 396 g/mol. The molecular formula is C20H20N4O3S. The molecule has 1 aromatic carbocycles. The lowest BCUT2D eigenvalue weighted by atomic mass is 9.99. The van der Waals surface area contributed by atoms with E-state index >= 15 is 0 Å². The molecule has 3 heterocycles. The van der Waals surface area contributed by atoms with Crippen molar-refractivity contribution in [2.24, 2.45) is 0 Å². The molecule has 144 valence electrons. The minimum absolute atomic E-state index is 0.0437. The second-order valence-corrected chi connectivity index (χ2v) is 7.89. The van der Waals surface area contributed by atoms with Gasteiger partial charge in [0.25, 0.3) is 5.91 Å². The van der Waals surface area contributed by atoms with Crippen LogP contribution in [0.4, 0.5) is 10.8 Å². The van der Waals surface area contributed by atoms with Gasteiger partial charge in [0, 0.05) is 29.0 Å². The average molecular weight is 396 g/mol. The molecule has 2 aromatic heterocycles. The summed E-state index contributed by atoms with van der Waals surface area (Å²) in [4.78, 5) is 32.8. The van der Waals surface area contributed by atoms with Gasteiger partial charge < -0.3 is 9.73 Å². The van der Waals surface area contributed by atoms with Gasteiger partial charge in [0.05, 0.1) is 11.4 Å². The number of benzene rings is 1. The van der Waals surface area contributed by atoms with Gasteiger partial charge >= 0.3 is 0 Å². The van der Waals surface area contributed by atoms with Gasteiger partial charge in [0.2, 0.25) is 11.7 Å². The van der Waals surface area contributed by atoms with Gasteiger partial charge in [0.15, 0.2) is 11.0 Å². The molecule has 0 fully saturated rings. The lowest BCUT2D eigenvalue weighted by Crippen LogP contribution is -2.18. The van der Waals surface area contributed by atoms with Crippen LogP contribution in [0.5, 0.6) is 0 Å². The highest BCUT2D eigenvalue weighted by Gasteiger charge is 2.20. The summed E-state index contributed by atoms with van der Waals surface area (Å²) < 4.78 is 5.59. The molecule has 0 radical (unpaired) electrons. The Hall–Kier alpha value is -3.00. The number of amides is 2. The van der Waals surface area contributed by atoms with Gasteiger partial charge in [-0.15, -0.1) is 11.3 Å². The van der Waals surface area contributed by atoms with E-state index in [1.54, 1.807) is 6.92 Å². The molecule has 28 heavy (non-hydrogen) atoms. The number of carbonyl (C=O) groups is 2. The first kappa shape index (κ1) is 18.4. The van der Waals surface area contributed by atoms with Crippen LogP contribution >= 0.6 is 11.3 Å². The van der Waals surface area contributed by atoms with Crippen LogP contribution in [-0.2, 0) is 11.2 Å². The predicted octanol–water partition coefficient (Wildman–Crippen LogP) is 4.37. The number of nitrogens with one attached hydrogen (secondary N) is 2. The second kappa shape index (κ2) is 7.20. The lowest BCUT2D eigenvalue weighted by Gasteiger charge is -2.17. The average Bonchev–Trinajstić information content (AvgIpc) is 3.28. The first-order chi connectivity index (χ1) is 13.4. The fourth-order valence-electron chi connectivity index (χ4n) is 3.04. The number of nitrogens with zero attached hydrogens (tertiary/aromatic N) is 2. The zero-order chi connectivity index (χ0) is 19.8. The van der Waals surface area contributed by atoms with Crippen molar-refractivity contribution >= 4 is 34.0 Å². The third-order valence-electron chi connectivity index (χ3n) is 4.53. The third-order valence-corrected chi connectivity index (χ3v) is 5.29. The van der Waals surface area contributed by atoms with Crippen molar-refractivity contribution in [3.8, 4) is 11.3 Å². The molecule has 4 rings (SSSR count). The standard InChI is InChI=1S/C20H20N4O3S/c1-10(2)19-21-11(3)17(27-19)18(26)24-20-23-15(9-28-20)13-4-6-14-12(8-13)5-7-16(25)22-14/h4,6,8-10H,5,7H2,1-3H3,(H,22,25)(H,23,24,26). The molecule has 0 saturated carbocycles. The van der Waals surface area contributed by atoms with Crippen LogP contribution < -0.4 is 10.6 Å². The summed E-state index contributed by atoms with van der Waals surface area (Å²) in [7, 11) is 0. The molecule has 0 unspecified atom stereocenters. The van der Waals surface area contributed by atoms with Crippen molar-refractivity contribution in [2.75, 3.05) is 10.6 Å². The van der Waals surface area contributed by atoms with Gasteiger partial charge in [-0.3, -0.25) is 14.9 Å². The number of hydrogen-bond acceptors (Lipinski definition) is 6. The smallest absolute Gasteiger partial charge is 0.295 e. The normalized spacial score (nSPS) is 13.4. The highest BCUT2D eigenvalue weighted by atomic mass is 32.1. The Kier molecular flexibility index (Phi) is 4.72. The van der Waals surface area contributed by atoms with Gasteiger partial charge in [-0.25, -0.2) is 9.97 Å². The molecule has 0 spiro atoms. The van der Waals surface area contributed by atoms with Gasteiger partial charge in [-0.05, 0) is 31.0 Å².